The molecule has 8 heteroatoms. The molecule has 1 aromatic heterocycles. The number of aromatic nitrogens is 1. The third kappa shape index (κ3) is 2.32. The molecule has 3 nitrogen and oxygen atoms in total. The van der Waals surface area contributed by atoms with Crippen molar-refractivity contribution in [2.24, 2.45) is 0 Å². The Morgan fingerprint density at radius 2 is 1.93 bits per heavy atom. The van der Waals surface area contributed by atoms with Crippen molar-refractivity contribution in [2.45, 2.75) is 6.18 Å². The number of pyridine rings is 1. The lowest BCUT2D eigenvalue weighted by Crippen LogP contribution is -2.15. The summed E-state index contributed by atoms with van der Waals surface area (Å²) in [6.07, 6.45) is -4.24. The van der Waals surface area contributed by atoms with Gasteiger partial charge in [-0.2, -0.15) is 13.2 Å². The maximum absolute atomic E-state index is 12.4. The number of alkyl halides is 3. The van der Waals surface area contributed by atoms with Crippen molar-refractivity contribution in [2.75, 3.05) is 0 Å². The van der Waals surface area contributed by atoms with Gasteiger partial charge in [0.05, 0.1) is 10.6 Å². The Hall–Kier alpha value is -1.01. The first kappa shape index (κ1) is 12.1. The Labute approximate surface area is 91.4 Å². The molecule has 0 atom stereocenters. The third-order valence-corrected chi connectivity index (χ3v) is 2.06. The largest absolute Gasteiger partial charge is 0.478 e. The molecular formula is C7H2Cl2F3NO2. The van der Waals surface area contributed by atoms with Crippen LogP contribution in [0, 0.1) is 0 Å². The Balaban J connectivity index is 3.60. The van der Waals surface area contributed by atoms with Crippen LogP contribution in [0.15, 0.2) is 6.20 Å². The highest BCUT2D eigenvalue weighted by Crippen LogP contribution is 2.38. The zero-order valence-corrected chi connectivity index (χ0v) is 8.28. The first-order chi connectivity index (χ1) is 6.75. The second kappa shape index (κ2) is 3.86. The summed E-state index contributed by atoms with van der Waals surface area (Å²) < 4.78 is 37.2. The predicted molar refractivity (Wildman–Crippen MR) is 46.2 cm³/mol. The van der Waals surface area contributed by atoms with E-state index in [0.29, 0.717) is 6.20 Å². The number of rotatable bonds is 1. The maximum atomic E-state index is 12.4. The van der Waals surface area contributed by atoms with Gasteiger partial charge >= 0.3 is 12.1 Å². The van der Waals surface area contributed by atoms with Gasteiger partial charge in [0.2, 0.25) is 0 Å². The van der Waals surface area contributed by atoms with Crippen molar-refractivity contribution in [1.29, 1.82) is 0 Å². The van der Waals surface area contributed by atoms with E-state index in [1.54, 1.807) is 0 Å². The van der Waals surface area contributed by atoms with Crippen LogP contribution in [0.3, 0.4) is 0 Å². The van der Waals surface area contributed by atoms with E-state index in [1.807, 2.05) is 0 Å². The number of halogens is 5. The van der Waals surface area contributed by atoms with Crippen molar-refractivity contribution in [3.8, 4) is 0 Å². The zero-order chi connectivity index (χ0) is 11.8. The Morgan fingerprint density at radius 1 is 1.40 bits per heavy atom. The molecule has 0 aliphatic rings. The highest BCUT2D eigenvalue weighted by molar-refractivity contribution is 6.35. The SMILES string of the molecule is O=C(O)c1c(Cl)ncc(Cl)c1C(F)(F)F. The van der Waals surface area contributed by atoms with Crippen LogP contribution in [0.1, 0.15) is 15.9 Å². The van der Waals surface area contributed by atoms with Crippen molar-refractivity contribution in [3.63, 3.8) is 0 Å². The van der Waals surface area contributed by atoms with E-state index >= 15 is 0 Å². The van der Waals surface area contributed by atoms with Crippen LogP contribution in [0.25, 0.3) is 0 Å². The van der Waals surface area contributed by atoms with Gasteiger partial charge in [0, 0.05) is 6.20 Å². The van der Waals surface area contributed by atoms with E-state index in [0.717, 1.165) is 0 Å². The van der Waals surface area contributed by atoms with E-state index in [4.69, 9.17) is 28.3 Å². The molecule has 0 fully saturated rings. The monoisotopic (exact) mass is 259 g/mol. The summed E-state index contributed by atoms with van der Waals surface area (Å²) in [7, 11) is 0. The summed E-state index contributed by atoms with van der Waals surface area (Å²) in [4.78, 5) is 13.8. The number of carboxylic acids is 1. The summed E-state index contributed by atoms with van der Waals surface area (Å²) in [5, 5.41) is 7.00. The molecule has 0 radical (unpaired) electrons. The number of carbonyl (C=O) groups is 1. The summed E-state index contributed by atoms with van der Waals surface area (Å²) in [6.45, 7) is 0. The lowest BCUT2D eigenvalue weighted by Gasteiger charge is -2.12. The third-order valence-electron chi connectivity index (χ3n) is 1.48. The van der Waals surface area contributed by atoms with Gasteiger partial charge in [0.25, 0.3) is 0 Å². The molecule has 0 aliphatic carbocycles. The molecule has 1 aromatic rings. The van der Waals surface area contributed by atoms with Crippen molar-refractivity contribution in [3.05, 3.63) is 27.5 Å². The zero-order valence-electron chi connectivity index (χ0n) is 6.77. The van der Waals surface area contributed by atoms with Crippen molar-refractivity contribution < 1.29 is 23.1 Å². The average molecular weight is 260 g/mol. The molecule has 1 N–H and O–H groups in total. The number of carboxylic acid groups (broad SMARTS) is 1. The molecule has 0 spiro atoms. The van der Waals surface area contributed by atoms with Crippen molar-refractivity contribution in [1.82, 2.24) is 4.98 Å². The van der Waals surface area contributed by atoms with Gasteiger partial charge in [-0.25, -0.2) is 9.78 Å². The predicted octanol–water partition coefficient (Wildman–Crippen LogP) is 3.11. The second-order valence-electron chi connectivity index (χ2n) is 2.45. The average Bonchev–Trinajstić information content (AvgIpc) is 2.05. The molecule has 0 amide bonds. The lowest BCUT2D eigenvalue weighted by atomic mass is 10.1. The fourth-order valence-electron chi connectivity index (χ4n) is 0.937. The first-order valence-electron chi connectivity index (χ1n) is 3.39. The van der Waals surface area contributed by atoms with E-state index in [-0.39, 0.29) is 0 Å². The normalized spacial score (nSPS) is 11.5. The fraction of sp³-hybridized carbons (Fsp3) is 0.143. The van der Waals surface area contributed by atoms with Gasteiger partial charge < -0.3 is 5.11 Å². The van der Waals surface area contributed by atoms with Crippen LogP contribution in [0.2, 0.25) is 10.2 Å². The Bertz CT molecular complexity index is 419. The van der Waals surface area contributed by atoms with Gasteiger partial charge in [0.15, 0.2) is 0 Å². The molecule has 0 unspecified atom stereocenters. The van der Waals surface area contributed by atoms with E-state index in [2.05, 4.69) is 4.98 Å². The fourth-order valence-corrected chi connectivity index (χ4v) is 1.41. The number of aromatic carboxylic acids is 1. The van der Waals surface area contributed by atoms with Crippen molar-refractivity contribution >= 4 is 29.2 Å². The highest BCUT2D eigenvalue weighted by atomic mass is 35.5. The molecule has 15 heavy (non-hydrogen) atoms. The van der Waals surface area contributed by atoms with Gasteiger partial charge in [0.1, 0.15) is 10.7 Å². The maximum Gasteiger partial charge on any atom is 0.418 e. The standard InChI is InChI=1S/C7H2Cl2F3NO2/c8-2-1-13-5(9)3(6(14)15)4(2)7(10,11)12/h1H,(H,14,15). The molecule has 0 bridgehead atoms. The van der Waals surface area contributed by atoms with Gasteiger partial charge in [-0.15, -0.1) is 0 Å². The Kier molecular flexibility index (Phi) is 3.11. The molecule has 0 aromatic carbocycles. The Morgan fingerprint density at radius 3 is 2.27 bits per heavy atom. The minimum Gasteiger partial charge on any atom is -0.478 e. The molecule has 0 saturated carbocycles. The summed E-state index contributed by atoms with van der Waals surface area (Å²) >= 11 is 10.5. The quantitative estimate of drug-likeness (QED) is 0.789. The smallest absolute Gasteiger partial charge is 0.418 e. The van der Waals surface area contributed by atoms with E-state index in [9.17, 15) is 18.0 Å². The number of nitrogens with zero attached hydrogens (tertiary/aromatic N) is 1. The molecule has 0 aliphatic heterocycles. The highest BCUT2D eigenvalue weighted by Gasteiger charge is 2.39. The van der Waals surface area contributed by atoms with Gasteiger partial charge in [-0.3, -0.25) is 0 Å². The summed E-state index contributed by atoms with van der Waals surface area (Å²) in [5.41, 5.74) is -2.63. The minimum atomic E-state index is -4.89. The lowest BCUT2D eigenvalue weighted by molar-refractivity contribution is -0.138. The van der Waals surface area contributed by atoms with Crippen LogP contribution in [-0.4, -0.2) is 16.1 Å². The van der Waals surface area contributed by atoms with Gasteiger partial charge in [-0.1, -0.05) is 23.2 Å². The van der Waals surface area contributed by atoms with Crippen LogP contribution in [-0.2, 0) is 6.18 Å². The molecule has 1 heterocycles. The second-order valence-corrected chi connectivity index (χ2v) is 3.22. The molecule has 0 saturated heterocycles. The van der Waals surface area contributed by atoms with Crippen LogP contribution in [0.5, 0.6) is 0 Å². The number of hydrogen-bond donors (Lipinski definition) is 1. The minimum absolute atomic E-state index is 0.652. The first-order valence-corrected chi connectivity index (χ1v) is 4.15. The summed E-state index contributed by atoms with van der Waals surface area (Å²) in [6, 6.07) is 0. The number of hydrogen-bond acceptors (Lipinski definition) is 2. The molecular weight excluding hydrogens is 258 g/mol. The van der Waals surface area contributed by atoms with E-state index < -0.39 is 33.4 Å². The van der Waals surface area contributed by atoms with Crippen LogP contribution < -0.4 is 0 Å². The topological polar surface area (TPSA) is 50.2 Å². The van der Waals surface area contributed by atoms with Crippen LogP contribution >= 0.6 is 23.2 Å². The van der Waals surface area contributed by atoms with E-state index in [1.165, 1.54) is 0 Å². The van der Waals surface area contributed by atoms with Crippen LogP contribution in [0.4, 0.5) is 13.2 Å². The summed E-state index contributed by atoms with van der Waals surface area (Å²) in [5.74, 6) is -1.83. The molecule has 82 valence electrons. The van der Waals surface area contributed by atoms with Gasteiger partial charge in [-0.05, 0) is 0 Å². The molecule has 1 rings (SSSR count).